The van der Waals surface area contributed by atoms with Gasteiger partial charge in [0.15, 0.2) is 11.5 Å². The maximum absolute atomic E-state index is 13.4. The van der Waals surface area contributed by atoms with Crippen LogP contribution in [0.2, 0.25) is 0 Å². The molecule has 0 spiro atoms. The molecule has 2 nitrogen and oxygen atoms in total. The molecule has 1 aromatic carbocycles. The molecule has 15 heavy (non-hydrogen) atoms. The summed E-state index contributed by atoms with van der Waals surface area (Å²) in [7, 11) is 5.09. The van der Waals surface area contributed by atoms with Crippen molar-refractivity contribution in [3.05, 3.63) is 29.1 Å². The molecule has 1 aromatic rings. The van der Waals surface area contributed by atoms with E-state index < -0.39 is 17.5 Å². The van der Waals surface area contributed by atoms with Crippen molar-refractivity contribution in [1.82, 2.24) is 4.48 Å². The molecule has 0 fully saturated rings. The van der Waals surface area contributed by atoms with Gasteiger partial charge in [-0.15, -0.1) is 0 Å². The van der Waals surface area contributed by atoms with Crippen molar-refractivity contribution in [3.63, 3.8) is 0 Å². The minimum atomic E-state index is -1.40. The van der Waals surface area contributed by atoms with E-state index in [4.69, 9.17) is 0 Å². The van der Waals surface area contributed by atoms with Crippen LogP contribution in [0.15, 0.2) is 6.07 Å². The van der Waals surface area contributed by atoms with Crippen LogP contribution < -0.4 is 4.48 Å². The van der Waals surface area contributed by atoms with E-state index in [0.29, 0.717) is 5.56 Å². The summed E-state index contributed by atoms with van der Waals surface area (Å²) in [4.78, 5) is 0. The number of hydrogen-bond acceptors (Lipinski definition) is 1. The highest BCUT2D eigenvalue weighted by molar-refractivity contribution is 5.50. The van der Waals surface area contributed by atoms with Gasteiger partial charge in [-0.1, -0.05) is 0 Å². The van der Waals surface area contributed by atoms with E-state index >= 15 is 0 Å². The van der Waals surface area contributed by atoms with E-state index in [9.17, 15) is 13.2 Å². The molecule has 0 heterocycles. The maximum atomic E-state index is 13.4. The van der Waals surface area contributed by atoms with E-state index in [1.54, 1.807) is 28.1 Å². The lowest BCUT2D eigenvalue weighted by Gasteiger charge is -2.25. The standard InChI is InChI=1S/C10H13F3N.H2O/c1-6-5-7(11)8(12)9(13)10(6)14(2,3)4;/h5H,1-4H3;1H2/q+1;/p-1. The summed E-state index contributed by atoms with van der Waals surface area (Å²) in [6.45, 7) is 1.56. The first-order valence-electron chi connectivity index (χ1n) is 4.21. The molecule has 0 radical (unpaired) electrons. The second-order valence-corrected chi connectivity index (χ2v) is 4.16. The van der Waals surface area contributed by atoms with Crippen LogP contribution in [-0.4, -0.2) is 26.6 Å². The van der Waals surface area contributed by atoms with E-state index in [2.05, 4.69) is 0 Å². The zero-order valence-corrected chi connectivity index (χ0v) is 9.11. The topological polar surface area (TPSA) is 30.0 Å². The van der Waals surface area contributed by atoms with Crippen LogP contribution in [0, 0.1) is 24.4 Å². The van der Waals surface area contributed by atoms with Crippen molar-refractivity contribution in [1.29, 1.82) is 0 Å². The summed E-state index contributed by atoms with van der Waals surface area (Å²) in [5.41, 5.74) is 0.581. The summed E-state index contributed by atoms with van der Waals surface area (Å²) < 4.78 is 39.2. The summed E-state index contributed by atoms with van der Waals surface area (Å²) in [6, 6.07) is 1.01. The van der Waals surface area contributed by atoms with Gasteiger partial charge in [0.2, 0.25) is 11.6 Å². The Morgan fingerprint density at radius 1 is 1.00 bits per heavy atom. The van der Waals surface area contributed by atoms with Crippen molar-refractivity contribution >= 4 is 5.69 Å². The van der Waals surface area contributed by atoms with Gasteiger partial charge in [0.25, 0.3) is 0 Å². The van der Waals surface area contributed by atoms with Gasteiger partial charge < -0.3 is 5.48 Å². The van der Waals surface area contributed by atoms with Gasteiger partial charge >= 0.3 is 0 Å². The largest absolute Gasteiger partial charge is 0.870 e. The Labute approximate surface area is 86.8 Å². The molecule has 0 aromatic heterocycles. The lowest BCUT2D eigenvalue weighted by Crippen LogP contribution is -2.36. The molecule has 5 heteroatoms. The first-order valence-corrected chi connectivity index (χ1v) is 4.21. The molecule has 86 valence electrons. The fraction of sp³-hybridized carbons (Fsp3) is 0.400. The molecular weight excluding hydrogens is 207 g/mol. The van der Waals surface area contributed by atoms with Gasteiger partial charge in [0.05, 0.1) is 21.1 Å². The fourth-order valence-corrected chi connectivity index (χ4v) is 1.53. The maximum Gasteiger partial charge on any atom is 0.222 e. The Morgan fingerprint density at radius 3 is 1.87 bits per heavy atom. The predicted octanol–water partition coefficient (Wildman–Crippen LogP) is 2.43. The highest BCUT2D eigenvalue weighted by Gasteiger charge is 2.26. The van der Waals surface area contributed by atoms with E-state index in [1.165, 1.54) is 0 Å². The van der Waals surface area contributed by atoms with E-state index in [-0.39, 0.29) is 15.6 Å². The Morgan fingerprint density at radius 2 is 1.47 bits per heavy atom. The van der Waals surface area contributed by atoms with Crippen molar-refractivity contribution in [2.24, 2.45) is 0 Å². The first kappa shape index (κ1) is 13.9. The van der Waals surface area contributed by atoms with Gasteiger partial charge in [0, 0.05) is 5.56 Å². The third-order valence-corrected chi connectivity index (χ3v) is 2.00. The molecule has 0 aliphatic rings. The van der Waals surface area contributed by atoms with Crippen LogP contribution in [0.1, 0.15) is 5.56 Å². The Balaban J connectivity index is 0.00000196. The number of nitrogens with zero attached hydrogens (tertiary/aromatic N) is 1. The minimum absolute atomic E-state index is 0. The SMILES string of the molecule is Cc1cc(F)c(F)c(F)c1[N+](C)(C)C.[OH-]. The monoisotopic (exact) mass is 221 g/mol. The summed E-state index contributed by atoms with van der Waals surface area (Å²) in [5, 5.41) is 0. The molecule has 0 saturated carbocycles. The molecule has 0 bridgehead atoms. The normalized spacial score (nSPS) is 11.1. The molecule has 0 saturated heterocycles. The number of halogens is 3. The zero-order chi connectivity index (χ0) is 11.1. The van der Waals surface area contributed by atoms with Crippen molar-refractivity contribution < 1.29 is 18.6 Å². The highest BCUT2D eigenvalue weighted by Crippen LogP contribution is 2.29. The number of quaternary nitrogens is 1. The van der Waals surface area contributed by atoms with Crippen molar-refractivity contribution in [2.45, 2.75) is 6.92 Å². The predicted molar refractivity (Wildman–Crippen MR) is 52.6 cm³/mol. The Kier molecular flexibility index (Phi) is 3.90. The molecule has 1 N–H and O–H groups in total. The molecule has 0 atom stereocenters. The van der Waals surface area contributed by atoms with Crippen LogP contribution in [-0.2, 0) is 0 Å². The lowest BCUT2D eigenvalue weighted by atomic mass is 10.1. The molecule has 0 aliphatic heterocycles. The molecule has 1 rings (SSSR count). The minimum Gasteiger partial charge on any atom is -0.870 e. The fourth-order valence-electron chi connectivity index (χ4n) is 1.53. The quantitative estimate of drug-likeness (QED) is 0.529. The molecule has 0 unspecified atom stereocenters. The average Bonchev–Trinajstić information content (AvgIpc) is 1.97. The molecular formula is C10H14F3NO. The molecule has 0 amide bonds. The Hall–Kier alpha value is -1.07. The van der Waals surface area contributed by atoms with Gasteiger partial charge in [-0.25, -0.2) is 8.78 Å². The second-order valence-electron chi connectivity index (χ2n) is 4.16. The number of aryl methyl sites for hydroxylation is 1. The number of rotatable bonds is 1. The van der Waals surface area contributed by atoms with Crippen molar-refractivity contribution in [2.75, 3.05) is 21.1 Å². The summed E-state index contributed by atoms with van der Waals surface area (Å²) in [5.74, 6) is -3.65. The lowest BCUT2D eigenvalue weighted by molar-refractivity contribution is 0.407. The van der Waals surface area contributed by atoms with Crippen LogP contribution in [0.5, 0.6) is 0 Å². The Bertz CT molecular complexity index is 372. The average molecular weight is 221 g/mol. The van der Waals surface area contributed by atoms with Crippen LogP contribution >= 0.6 is 0 Å². The van der Waals surface area contributed by atoms with Gasteiger partial charge in [-0.2, -0.15) is 4.39 Å². The third-order valence-electron chi connectivity index (χ3n) is 2.00. The summed E-state index contributed by atoms with van der Waals surface area (Å²) in [6.07, 6.45) is 0. The number of hydrogen-bond donors (Lipinski definition) is 0. The number of benzene rings is 1. The first-order chi connectivity index (χ1) is 6.25. The second kappa shape index (κ2) is 4.20. The van der Waals surface area contributed by atoms with Crippen LogP contribution in [0.25, 0.3) is 0 Å². The van der Waals surface area contributed by atoms with Crippen molar-refractivity contribution in [3.8, 4) is 0 Å². The van der Waals surface area contributed by atoms with Gasteiger partial charge in [-0.05, 0) is 13.0 Å². The summed E-state index contributed by atoms with van der Waals surface area (Å²) >= 11 is 0. The van der Waals surface area contributed by atoms with Gasteiger partial charge in [0.1, 0.15) is 0 Å². The third kappa shape index (κ3) is 2.49. The van der Waals surface area contributed by atoms with E-state index in [0.717, 1.165) is 6.07 Å². The zero-order valence-electron chi connectivity index (χ0n) is 9.11. The smallest absolute Gasteiger partial charge is 0.222 e. The van der Waals surface area contributed by atoms with E-state index in [1.807, 2.05) is 0 Å². The van der Waals surface area contributed by atoms with Crippen LogP contribution in [0.3, 0.4) is 0 Å². The molecule has 0 aliphatic carbocycles. The van der Waals surface area contributed by atoms with Gasteiger partial charge in [-0.3, -0.25) is 4.48 Å². The highest BCUT2D eigenvalue weighted by atomic mass is 19.2. The van der Waals surface area contributed by atoms with Crippen LogP contribution in [0.4, 0.5) is 18.9 Å².